The SMILES string of the molecule is CC(C)(C)OC(=O)N(C(=O)OC(C)(C)C)c1nccc2cc(Nc3ncnc(-c4ccc(Cl)cc4)c3OCc3ccccc3)ccc12. The largest absolute Gasteiger partial charge is 0.483 e. The Bertz CT molecular complexity index is 1860. The lowest BCUT2D eigenvalue weighted by atomic mass is 10.1. The molecule has 0 saturated carbocycles. The second-order valence-corrected chi connectivity index (χ2v) is 13.1. The van der Waals surface area contributed by atoms with Crippen molar-refractivity contribution < 1.29 is 23.8 Å². The van der Waals surface area contributed by atoms with Crippen molar-refractivity contribution in [1.29, 1.82) is 0 Å². The maximum atomic E-state index is 13.3. The van der Waals surface area contributed by atoms with Gasteiger partial charge in [-0.15, -0.1) is 0 Å². The molecule has 0 aliphatic carbocycles. The molecular weight excluding hydrogens is 618 g/mol. The van der Waals surface area contributed by atoms with E-state index < -0.39 is 23.4 Å². The van der Waals surface area contributed by atoms with Gasteiger partial charge in [-0.05, 0) is 88.9 Å². The van der Waals surface area contributed by atoms with Crippen molar-refractivity contribution in [2.75, 3.05) is 10.2 Å². The number of nitrogens with zero attached hydrogens (tertiary/aromatic N) is 4. The number of hydrogen-bond donors (Lipinski definition) is 1. The first kappa shape index (κ1) is 33.2. The van der Waals surface area contributed by atoms with Gasteiger partial charge in [0.1, 0.15) is 29.8 Å². The third-order valence-electron chi connectivity index (χ3n) is 6.52. The maximum Gasteiger partial charge on any atom is 0.425 e. The zero-order valence-electron chi connectivity index (χ0n) is 27.1. The normalized spacial score (nSPS) is 11.6. The van der Waals surface area contributed by atoms with Gasteiger partial charge in [-0.25, -0.2) is 24.5 Å². The third kappa shape index (κ3) is 8.53. The van der Waals surface area contributed by atoms with Gasteiger partial charge in [0, 0.05) is 27.9 Å². The Hall–Kier alpha value is -5.22. The molecule has 2 aromatic heterocycles. The average molecular weight is 654 g/mol. The average Bonchev–Trinajstić information content (AvgIpc) is 2.99. The number of halogens is 1. The molecule has 5 aromatic rings. The van der Waals surface area contributed by atoms with Crippen LogP contribution in [0, 0.1) is 0 Å². The van der Waals surface area contributed by atoms with Crippen LogP contribution < -0.4 is 15.0 Å². The van der Waals surface area contributed by atoms with Crippen LogP contribution in [0.15, 0.2) is 91.4 Å². The van der Waals surface area contributed by atoms with Crippen LogP contribution in [0.25, 0.3) is 22.0 Å². The van der Waals surface area contributed by atoms with Gasteiger partial charge < -0.3 is 19.5 Å². The molecule has 47 heavy (non-hydrogen) atoms. The van der Waals surface area contributed by atoms with Crippen LogP contribution in [0.1, 0.15) is 47.1 Å². The van der Waals surface area contributed by atoms with E-state index in [1.807, 2.05) is 48.5 Å². The molecule has 3 aromatic carbocycles. The van der Waals surface area contributed by atoms with Crippen LogP contribution in [0.3, 0.4) is 0 Å². The van der Waals surface area contributed by atoms with E-state index in [1.165, 1.54) is 12.5 Å². The number of imide groups is 1. The van der Waals surface area contributed by atoms with Crippen molar-refractivity contribution in [3.05, 3.63) is 102 Å². The molecule has 2 heterocycles. The molecule has 0 atom stereocenters. The Morgan fingerprint density at radius 3 is 2.11 bits per heavy atom. The Morgan fingerprint density at radius 2 is 1.47 bits per heavy atom. The predicted octanol–water partition coefficient (Wildman–Crippen LogP) is 9.34. The van der Waals surface area contributed by atoms with Crippen molar-refractivity contribution in [3.8, 4) is 17.0 Å². The standard InChI is InChI=1S/C36H36ClN5O5/c1-35(2,3)46-33(43)42(34(44)47-36(4,5)6)32-28-17-16-27(20-25(28)18-19-38-32)41-31-30(45-21-23-10-8-7-9-11-23)29(39-22-40-31)24-12-14-26(37)15-13-24/h7-20,22H,21H2,1-6H3,(H,39,40,41). The molecule has 0 bridgehead atoms. The number of carbonyl (C=O) groups excluding carboxylic acids is 2. The Balaban J connectivity index is 1.52. The van der Waals surface area contributed by atoms with Gasteiger partial charge in [-0.3, -0.25) is 0 Å². The first-order valence-electron chi connectivity index (χ1n) is 15.0. The first-order valence-corrected chi connectivity index (χ1v) is 15.3. The van der Waals surface area contributed by atoms with Gasteiger partial charge in [0.15, 0.2) is 17.4 Å². The molecule has 1 N–H and O–H groups in total. The molecule has 5 rings (SSSR count). The van der Waals surface area contributed by atoms with Crippen molar-refractivity contribution in [2.45, 2.75) is 59.4 Å². The highest BCUT2D eigenvalue weighted by Crippen LogP contribution is 2.37. The molecule has 242 valence electrons. The summed E-state index contributed by atoms with van der Waals surface area (Å²) in [5.74, 6) is 0.977. The fourth-order valence-electron chi connectivity index (χ4n) is 4.56. The van der Waals surface area contributed by atoms with E-state index in [1.54, 1.807) is 71.9 Å². The van der Waals surface area contributed by atoms with E-state index in [4.69, 9.17) is 25.8 Å². The number of fused-ring (bicyclic) bond motifs is 1. The summed E-state index contributed by atoms with van der Waals surface area (Å²) < 4.78 is 17.5. The third-order valence-corrected chi connectivity index (χ3v) is 6.77. The van der Waals surface area contributed by atoms with Gasteiger partial charge >= 0.3 is 12.2 Å². The van der Waals surface area contributed by atoms with E-state index >= 15 is 0 Å². The van der Waals surface area contributed by atoms with Gasteiger partial charge in [0.05, 0.1) is 0 Å². The molecule has 2 amide bonds. The smallest absolute Gasteiger partial charge is 0.425 e. The first-order chi connectivity index (χ1) is 22.3. The van der Waals surface area contributed by atoms with E-state index in [0.717, 1.165) is 16.0 Å². The number of rotatable bonds is 7. The highest BCUT2D eigenvalue weighted by molar-refractivity contribution is 6.30. The summed E-state index contributed by atoms with van der Waals surface area (Å²) in [6, 6.07) is 24.3. The minimum atomic E-state index is -0.898. The molecule has 0 spiro atoms. The summed E-state index contributed by atoms with van der Waals surface area (Å²) in [5, 5.41) is 5.18. The second kappa shape index (κ2) is 13.6. The summed E-state index contributed by atoms with van der Waals surface area (Å²) in [6.07, 6.45) is 1.18. The molecular formula is C36H36ClN5O5. The van der Waals surface area contributed by atoms with Crippen LogP contribution in [-0.4, -0.2) is 38.3 Å². The van der Waals surface area contributed by atoms with Crippen molar-refractivity contribution in [1.82, 2.24) is 15.0 Å². The van der Waals surface area contributed by atoms with Gasteiger partial charge in [-0.2, -0.15) is 4.90 Å². The summed E-state index contributed by atoms with van der Waals surface area (Å²) in [6.45, 7) is 10.6. The lowest BCUT2D eigenvalue weighted by Gasteiger charge is -2.28. The van der Waals surface area contributed by atoms with Crippen molar-refractivity contribution >= 4 is 51.9 Å². The molecule has 0 unspecified atom stereocenters. The molecule has 0 aliphatic rings. The zero-order valence-corrected chi connectivity index (χ0v) is 27.8. The molecule has 0 radical (unpaired) electrons. The monoisotopic (exact) mass is 653 g/mol. The minimum Gasteiger partial charge on any atom is -0.483 e. The summed E-state index contributed by atoms with van der Waals surface area (Å²) in [5.41, 5.74) is 1.33. The van der Waals surface area contributed by atoms with E-state index in [2.05, 4.69) is 20.3 Å². The predicted molar refractivity (Wildman–Crippen MR) is 183 cm³/mol. The molecule has 10 nitrogen and oxygen atoms in total. The van der Waals surface area contributed by atoms with E-state index in [0.29, 0.717) is 45.4 Å². The van der Waals surface area contributed by atoms with Crippen LogP contribution in [0.2, 0.25) is 5.02 Å². The van der Waals surface area contributed by atoms with Crippen LogP contribution >= 0.6 is 11.6 Å². The molecule has 11 heteroatoms. The highest BCUT2D eigenvalue weighted by Gasteiger charge is 2.34. The fourth-order valence-corrected chi connectivity index (χ4v) is 4.69. The Labute approximate surface area is 278 Å². The van der Waals surface area contributed by atoms with Gasteiger partial charge in [0.25, 0.3) is 0 Å². The number of amides is 2. The Morgan fingerprint density at radius 1 is 0.809 bits per heavy atom. The van der Waals surface area contributed by atoms with E-state index in [-0.39, 0.29) is 5.82 Å². The summed E-state index contributed by atoms with van der Waals surface area (Å²) in [4.78, 5) is 40.9. The quantitative estimate of drug-likeness (QED) is 0.183. The fraction of sp³-hybridized carbons (Fsp3) is 0.250. The van der Waals surface area contributed by atoms with Gasteiger partial charge in [-0.1, -0.05) is 54.1 Å². The second-order valence-electron chi connectivity index (χ2n) is 12.7. The van der Waals surface area contributed by atoms with Crippen LogP contribution in [0.5, 0.6) is 5.75 Å². The van der Waals surface area contributed by atoms with E-state index in [9.17, 15) is 9.59 Å². The number of aromatic nitrogens is 3. The molecule has 0 aliphatic heterocycles. The summed E-state index contributed by atoms with van der Waals surface area (Å²) >= 11 is 6.15. The highest BCUT2D eigenvalue weighted by atomic mass is 35.5. The molecule has 0 saturated heterocycles. The molecule has 0 fully saturated rings. The van der Waals surface area contributed by atoms with Crippen LogP contribution in [-0.2, 0) is 16.1 Å². The van der Waals surface area contributed by atoms with Crippen LogP contribution in [0.4, 0.5) is 26.9 Å². The number of nitrogens with one attached hydrogen (secondary N) is 1. The topological polar surface area (TPSA) is 116 Å². The number of pyridine rings is 1. The minimum absolute atomic E-state index is 0.0801. The maximum absolute atomic E-state index is 13.3. The van der Waals surface area contributed by atoms with Crippen molar-refractivity contribution in [3.63, 3.8) is 0 Å². The number of benzene rings is 3. The lowest BCUT2D eigenvalue weighted by Crippen LogP contribution is -2.44. The van der Waals surface area contributed by atoms with Gasteiger partial charge in [0.2, 0.25) is 0 Å². The number of ether oxygens (including phenoxy) is 3. The lowest BCUT2D eigenvalue weighted by molar-refractivity contribution is 0.0429. The number of carbonyl (C=O) groups is 2. The van der Waals surface area contributed by atoms with Crippen molar-refractivity contribution in [2.24, 2.45) is 0 Å². The number of hydrogen-bond acceptors (Lipinski definition) is 9. The zero-order chi connectivity index (χ0) is 33.8. The Kier molecular flexibility index (Phi) is 9.62. The summed E-state index contributed by atoms with van der Waals surface area (Å²) in [7, 11) is 0. The number of anilines is 3.